The molecule has 1 aliphatic rings. The summed E-state index contributed by atoms with van der Waals surface area (Å²) in [5.74, 6) is -0.0105. The number of hydrogen-bond acceptors (Lipinski definition) is 3. The molecule has 1 aromatic rings. The van der Waals surface area contributed by atoms with Gasteiger partial charge in [0, 0.05) is 29.6 Å². The SMILES string of the molecule is Cc1c(Cl)cccc1NC(=O)CCNC(=O)C1CCNCC1.Cl. The maximum Gasteiger partial charge on any atom is 0.226 e. The molecule has 2 rings (SSSR count). The number of rotatable bonds is 5. The van der Waals surface area contributed by atoms with Gasteiger partial charge < -0.3 is 16.0 Å². The van der Waals surface area contributed by atoms with Crippen LogP contribution in [-0.2, 0) is 9.59 Å². The Balaban J connectivity index is 0.00000264. The normalized spacial score (nSPS) is 14.7. The molecule has 0 aliphatic carbocycles. The Morgan fingerprint density at radius 2 is 2.00 bits per heavy atom. The van der Waals surface area contributed by atoms with Gasteiger partial charge in [-0.05, 0) is 50.6 Å². The van der Waals surface area contributed by atoms with E-state index in [1.165, 1.54) is 0 Å². The average molecular weight is 360 g/mol. The molecular weight excluding hydrogens is 337 g/mol. The summed E-state index contributed by atoms with van der Waals surface area (Å²) in [6, 6.07) is 5.39. The van der Waals surface area contributed by atoms with Crippen molar-refractivity contribution < 1.29 is 9.59 Å². The number of carbonyl (C=O) groups is 2. The van der Waals surface area contributed by atoms with E-state index < -0.39 is 0 Å². The van der Waals surface area contributed by atoms with Crippen molar-refractivity contribution in [2.24, 2.45) is 5.92 Å². The van der Waals surface area contributed by atoms with Crippen molar-refractivity contribution in [1.29, 1.82) is 0 Å². The molecule has 128 valence electrons. The van der Waals surface area contributed by atoms with E-state index in [2.05, 4.69) is 16.0 Å². The Labute approximate surface area is 148 Å². The first-order valence-corrected chi connectivity index (χ1v) is 7.99. The van der Waals surface area contributed by atoms with Gasteiger partial charge >= 0.3 is 0 Å². The lowest BCUT2D eigenvalue weighted by Gasteiger charge is -2.21. The van der Waals surface area contributed by atoms with Crippen molar-refractivity contribution in [2.45, 2.75) is 26.2 Å². The molecular formula is C16H23Cl2N3O2. The highest BCUT2D eigenvalue weighted by atomic mass is 35.5. The van der Waals surface area contributed by atoms with Crippen LogP contribution in [0.2, 0.25) is 5.02 Å². The number of anilines is 1. The molecule has 2 amide bonds. The summed E-state index contributed by atoms with van der Waals surface area (Å²) in [6.45, 7) is 3.98. The van der Waals surface area contributed by atoms with Gasteiger partial charge in [-0.15, -0.1) is 12.4 Å². The monoisotopic (exact) mass is 359 g/mol. The predicted molar refractivity (Wildman–Crippen MR) is 95.3 cm³/mol. The summed E-state index contributed by atoms with van der Waals surface area (Å²) in [4.78, 5) is 23.9. The van der Waals surface area contributed by atoms with Gasteiger partial charge in [-0.25, -0.2) is 0 Å². The van der Waals surface area contributed by atoms with Gasteiger partial charge in [0.25, 0.3) is 0 Å². The Morgan fingerprint density at radius 1 is 1.30 bits per heavy atom. The third-order valence-electron chi connectivity index (χ3n) is 3.90. The lowest BCUT2D eigenvalue weighted by atomic mass is 9.97. The van der Waals surface area contributed by atoms with Crippen LogP contribution in [0.3, 0.4) is 0 Å². The summed E-state index contributed by atoms with van der Waals surface area (Å²) in [7, 11) is 0. The highest BCUT2D eigenvalue weighted by molar-refractivity contribution is 6.31. The first kappa shape index (κ1) is 19.7. The molecule has 1 aliphatic heterocycles. The number of piperidine rings is 1. The number of nitrogens with one attached hydrogen (secondary N) is 3. The van der Waals surface area contributed by atoms with Crippen LogP contribution in [0.4, 0.5) is 5.69 Å². The fourth-order valence-electron chi connectivity index (χ4n) is 2.48. The molecule has 7 heteroatoms. The minimum atomic E-state index is -0.129. The highest BCUT2D eigenvalue weighted by Gasteiger charge is 2.20. The number of hydrogen-bond donors (Lipinski definition) is 3. The lowest BCUT2D eigenvalue weighted by Crippen LogP contribution is -2.39. The molecule has 0 saturated carbocycles. The molecule has 23 heavy (non-hydrogen) atoms. The molecule has 0 radical (unpaired) electrons. The zero-order valence-corrected chi connectivity index (χ0v) is 14.7. The Hall–Kier alpha value is -1.30. The van der Waals surface area contributed by atoms with Crippen molar-refractivity contribution in [1.82, 2.24) is 10.6 Å². The zero-order chi connectivity index (χ0) is 15.9. The molecule has 1 aromatic carbocycles. The Morgan fingerprint density at radius 3 is 2.70 bits per heavy atom. The van der Waals surface area contributed by atoms with Gasteiger partial charge in [0.05, 0.1) is 0 Å². The summed E-state index contributed by atoms with van der Waals surface area (Å²) in [6.07, 6.45) is 1.97. The van der Waals surface area contributed by atoms with Crippen LogP contribution in [-0.4, -0.2) is 31.4 Å². The molecule has 0 atom stereocenters. The van der Waals surface area contributed by atoms with Gasteiger partial charge in [0.15, 0.2) is 0 Å². The second kappa shape index (κ2) is 9.75. The topological polar surface area (TPSA) is 70.2 Å². The molecule has 5 nitrogen and oxygen atoms in total. The van der Waals surface area contributed by atoms with Crippen molar-refractivity contribution >= 4 is 41.5 Å². The van der Waals surface area contributed by atoms with Crippen LogP contribution in [0.1, 0.15) is 24.8 Å². The van der Waals surface area contributed by atoms with Crippen LogP contribution in [0.25, 0.3) is 0 Å². The fraction of sp³-hybridized carbons (Fsp3) is 0.500. The molecule has 0 aromatic heterocycles. The first-order valence-electron chi connectivity index (χ1n) is 7.61. The van der Waals surface area contributed by atoms with Crippen LogP contribution in [0.15, 0.2) is 18.2 Å². The van der Waals surface area contributed by atoms with E-state index in [9.17, 15) is 9.59 Å². The van der Waals surface area contributed by atoms with E-state index in [0.717, 1.165) is 31.5 Å². The molecule has 1 saturated heterocycles. The van der Waals surface area contributed by atoms with Crippen LogP contribution in [0, 0.1) is 12.8 Å². The Bertz CT molecular complexity index is 546. The molecule has 0 unspecified atom stereocenters. The molecule has 0 bridgehead atoms. The van der Waals surface area contributed by atoms with Gasteiger partial charge in [-0.3, -0.25) is 9.59 Å². The van der Waals surface area contributed by atoms with E-state index in [4.69, 9.17) is 11.6 Å². The minimum Gasteiger partial charge on any atom is -0.355 e. The standard InChI is InChI=1S/C16H22ClN3O2.ClH/c1-11-13(17)3-2-4-14(11)20-15(21)7-10-19-16(22)12-5-8-18-9-6-12;/h2-4,12,18H,5-10H2,1H3,(H,19,22)(H,20,21);1H. The molecule has 1 fully saturated rings. The number of amides is 2. The second-order valence-electron chi connectivity index (χ2n) is 5.53. The lowest BCUT2D eigenvalue weighted by molar-refractivity contribution is -0.125. The van der Waals surface area contributed by atoms with Gasteiger partial charge in [-0.1, -0.05) is 17.7 Å². The smallest absolute Gasteiger partial charge is 0.226 e. The third kappa shape index (κ3) is 6.01. The van der Waals surface area contributed by atoms with E-state index in [1.54, 1.807) is 12.1 Å². The van der Waals surface area contributed by atoms with Crippen molar-refractivity contribution in [3.8, 4) is 0 Å². The number of carbonyl (C=O) groups excluding carboxylic acids is 2. The summed E-state index contributed by atoms with van der Waals surface area (Å²) in [5, 5.41) is 9.51. The quantitative estimate of drug-likeness (QED) is 0.756. The second-order valence-corrected chi connectivity index (χ2v) is 5.93. The van der Waals surface area contributed by atoms with Crippen molar-refractivity contribution in [2.75, 3.05) is 25.0 Å². The summed E-state index contributed by atoms with van der Waals surface area (Å²) < 4.78 is 0. The van der Waals surface area contributed by atoms with Crippen molar-refractivity contribution in [3.63, 3.8) is 0 Å². The molecule has 0 spiro atoms. The van der Waals surface area contributed by atoms with Crippen LogP contribution >= 0.6 is 24.0 Å². The minimum absolute atomic E-state index is 0. The van der Waals surface area contributed by atoms with E-state index >= 15 is 0 Å². The van der Waals surface area contributed by atoms with E-state index in [0.29, 0.717) is 17.3 Å². The predicted octanol–water partition coefficient (Wildman–Crippen LogP) is 2.51. The maximum absolute atomic E-state index is 11.9. The highest BCUT2D eigenvalue weighted by Crippen LogP contribution is 2.22. The van der Waals surface area contributed by atoms with Gasteiger partial charge in [0.2, 0.25) is 11.8 Å². The number of benzene rings is 1. The van der Waals surface area contributed by atoms with Crippen LogP contribution in [0.5, 0.6) is 0 Å². The average Bonchev–Trinajstić information content (AvgIpc) is 2.52. The summed E-state index contributed by atoms with van der Waals surface area (Å²) >= 11 is 6.02. The molecule has 1 heterocycles. The first-order chi connectivity index (χ1) is 10.6. The van der Waals surface area contributed by atoms with Crippen LogP contribution < -0.4 is 16.0 Å². The largest absolute Gasteiger partial charge is 0.355 e. The maximum atomic E-state index is 11.9. The molecule has 3 N–H and O–H groups in total. The Kier molecular flexibility index (Phi) is 8.37. The third-order valence-corrected chi connectivity index (χ3v) is 4.31. The van der Waals surface area contributed by atoms with Gasteiger partial charge in [0.1, 0.15) is 0 Å². The zero-order valence-electron chi connectivity index (χ0n) is 13.2. The van der Waals surface area contributed by atoms with Gasteiger partial charge in [-0.2, -0.15) is 0 Å². The van der Waals surface area contributed by atoms with Crippen molar-refractivity contribution in [3.05, 3.63) is 28.8 Å². The number of halogens is 2. The van der Waals surface area contributed by atoms with E-state index in [1.807, 2.05) is 13.0 Å². The summed E-state index contributed by atoms with van der Waals surface area (Å²) in [5.41, 5.74) is 1.55. The fourth-order valence-corrected chi connectivity index (χ4v) is 2.66. The van der Waals surface area contributed by atoms with E-state index in [-0.39, 0.29) is 36.6 Å².